The molecule has 0 aliphatic heterocycles. The van der Waals surface area contributed by atoms with E-state index in [0.717, 1.165) is 31.2 Å². The predicted molar refractivity (Wildman–Crippen MR) is 124 cm³/mol. The third-order valence-electron chi connectivity index (χ3n) is 4.81. The highest BCUT2D eigenvalue weighted by Crippen LogP contribution is 2.38. The molecule has 0 unspecified atom stereocenters. The highest BCUT2D eigenvalue weighted by Gasteiger charge is 2.26. The van der Waals surface area contributed by atoms with Crippen molar-refractivity contribution >= 4 is 45.5 Å². The molecule has 1 aliphatic carbocycles. The van der Waals surface area contributed by atoms with E-state index in [4.69, 9.17) is 26.4 Å². The Morgan fingerprint density at radius 2 is 2.00 bits per heavy atom. The molecule has 1 amide bonds. The van der Waals surface area contributed by atoms with E-state index in [-0.39, 0.29) is 11.0 Å². The first kappa shape index (κ1) is 23.2. The van der Waals surface area contributed by atoms with E-state index in [9.17, 15) is 9.59 Å². The lowest BCUT2D eigenvalue weighted by Crippen LogP contribution is -2.34. The van der Waals surface area contributed by atoms with E-state index in [1.165, 1.54) is 23.3 Å². The Morgan fingerprint density at radius 1 is 1.19 bits per heavy atom. The van der Waals surface area contributed by atoms with Crippen LogP contribution in [0.15, 0.2) is 24.3 Å². The molecule has 0 spiro atoms. The van der Waals surface area contributed by atoms with Crippen molar-refractivity contribution < 1.29 is 23.8 Å². The van der Waals surface area contributed by atoms with Crippen molar-refractivity contribution in [2.45, 2.75) is 32.6 Å². The maximum absolute atomic E-state index is 12.6. The van der Waals surface area contributed by atoms with Crippen molar-refractivity contribution in [2.24, 2.45) is 0 Å². The summed E-state index contributed by atoms with van der Waals surface area (Å²) in [5, 5.41) is 6.41. The molecule has 1 heterocycles. The van der Waals surface area contributed by atoms with Gasteiger partial charge in [-0.2, -0.15) is 0 Å². The van der Waals surface area contributed by atoms with Gasteiger partial charge in [-0.1, -0.05) is 6.07 Å². The van der Waals surface area contributed by atoms with Gasteiger partial charge in [-0.25, -0.2) is 4.79 Å². The monoisotopic (exact) mass is 462 g/mol. The van der Waals surface area contributed by atoms with Crippen LogP contribution in [0.2, 0.25) is 0 Å². The first-order chi connectivity index (χ1) is 15.0. The van der Waals surface area contributed by atoms with E-state index in [1.807, 2.05) is 6.92 Å². The molecule has 9 heteroatoms. The summed E-state index contributed by atoms with van der Waals surface area (Å²) in [4.78, 5) is 26.2. The third kappa shape index (κ3) is 6.03. The maximum Gasteiger partial charge on any atom is 0.341 e. The van der Waals surface area contributed by atoms with Crippen molar-refractivity contribution in [2.75, 3.05) is 32.2 Å². The Bertz CT molecular complexity index is 957. The quantitative estimate of drug-likeness (QED) is 0.349. The van der Waals surface area contributed by atoms with Crippen molar-refractivity contribution in [1.82, 2.24) is 5.32 Å². The van der Waals surface area contributed by atoms with Gasteiger partial charge in [-0.3, -0.25) is 10.1 Å². The molecule has 0 bridgehead atoms. The predicted octanol–water partition coefficient (Wildman–Crippen LogP) is 3.96. The van der Waals surface area contributed by atoms with Gasteiger partial charge < -0.3 is 19.5 Å². The van der Waals surface area contributed by atoms with E-state index in [0.29, 0.717) is 41.7 Å². The molecule has 166 valence electrons. The second-order valence-corrected chi connectivity index (χ2v) is 8.40. The van der Waals surface area contributed by atoms with Crippen molar-refractivity contribution in [3.05, 3.63) is 45.8 Å². The molecule has 1 aromatic carbocycles. The number of thiophene rings is 1. The van der Waals surface area contributed by atoms with Crippen LogP contribution in [-0.4, -0.2) is 43.9 Å². The second kappa shape index (κ2) is 11.2. The van der Waals surface area contributed by atoms with Crippen LogP contribution in [0.25, 0.3) is 0 Å². The molecular formula is C22H26N2O5S2. The normalized spacial score (nSPS) is 12.6. The Labute approximate surface area is 191 Å². The number of carbonyl (C=O) groups is 2. The van der Waals surface area contributed by atoms with Gasteiger partial charge >= 0.3 is 5.97 Å². The number of methoxy groups -OCH3 is 1. The summed E-state index contributed by atoms with van der Waals surface area (Å²) in [6.07, 6.45) is 3.91. The van der Waals surface area contributed by atoms with E-state index in [1.54, 1.807) is 24.3 Å². The van der Waals surface area contributed by atoms with Crippen LogP contribution in [0.4, 0.5) is 5.00 Å². The number of fused-ring (bicyclic) bond motifs is 1. The number of ether oxygens (including phenoxy) is 3. The minimum atomic E-state index is -0.395. The van der Waals surface area contributed by atoms with Crippen molar-refractivity contribution in [1.29, 1.82) is 0 Å². The Kier molecular flexibility index (Phi) is 8.39. The van der Waals surface area contributed by atoms with Gasteiger partial charge in [-0.05, 0) is 68.6 Å². The van der Waals surface area contributed by atoms with Gasteiger partial charge in [0.1, 0.15) is 17.4 Å². The summed E-state index contributed by atoms with van der Waals surface area (Å²) >= 11 is 6.82. The molecule has 3 rings (SSSR count). The fraction of sp³-hybridized carbons (Fsp3) is 0.409. The SMILES string of the molecule is CCOCCOc1cccc(C(=O)NC(=S)Nc2sc3c(c2C(=O)OC)CCCC3)c1. The number of nitrogens with one attached hydrogen (secondary N) is 2. The van der Waals surface area contributed by atoms with Crippen LogP contribution in [0.5, 0.6) is 5.75 Å². The third-order valence-corrected chi connectivity index (χ3v) is 6.22. The Balaban J connectivity index is 1.65. The van der Waals surface area contributed by atoms with Gasteiger partial charge in [-0.15, -0.1) is 11.3 Å². The number of carbonyl (C=O) groups excluding carboxylic acids is 2. The summed E-state index contributed by atoms with van der Waals surface area (Å²) in [7, 11) is 1.36. The second-order valence-electron chi connectivity index (χ2n) is 6.89. The number of hydrogen-bond donors (Lipinski definition) is 2. The van der Waals surface area contributed by atoms with Crippen LogP contribution in [-0.2, 0) is 22.3 Å². The zero-order valence-corrected chi connectivity index (χ0v) is 19.2. The molecular weight excluding hydrogens is 436 g/mol. The summed E-state index contributed by atoms with van der Waals surface area (Å²) in [5.41, 5.74) is 1.96. The molecule has 0 saturated carbocycles. The Morgan fingerprint density at radius 3 is 2.77 bits per heavy atom. The summed E-state index contributed by atoms with van der Waals surface area (Å²) in [6, 6.07) is 6.84. The van der Waals surface area contributed by atoms with Gasteiger partial charge in [0.05, 0.1) is 19.3 Å². The topological polar surface area (TPSA) is 85.9 Å². The summed E-state index contributed by atoms with van der Waals surface area (Å²) in [6.45, 7) is 3.43. The van der Waals surface area contributed by atoms with Gasteiger partial charge in [0.25, 0.3) is 5.91 Å². The van der Waals surface area contributed by atoms with Crippen LogP contribution in [0.1, 0.15) is 50.9 Å². The Hall–Kier alpha value is -2.49. The fourth-order valence-corrected chi connectivity index (χ4v) is 4.91. The number of rotatable bonds is 8. The first-order valence-electron chi connectivity index (χ1n) is 10.2. The summed E-state index contributed by atoms with van der Waals surface area (Å²) in [5.74, 6) is -0.188. The number of aryl methyl sites for hydroxylation is 1. The molecule has 0 fully saturated rings. The van der Waals surface area contributed by atoms with Crippen LogP contribution in [0, 0.1) is 0 Å². The molecule has 31 heavy (non-hydrogen) atoms. The van der Waals surface area contributed by atoms with E-state index in [2.05, 4.69) is 10.6 Å². The smallest absolute Gasteiger partial charge is 0.341 e. The van der Waals surface area contributed by atoms with Crippen LogP contribution in [0.3, 0.4) is 0 Å². The lowest BCUT2D eigenvalue weighted by molar-refractivity contribution is 0.0601. The molecule has 0 atom stereocenters. The summed E-state index contributed by atoms with van der Waals surface area (Å²) < 4.78 is 15.8. The number of esters is 1. The van der Waals surface area contributed by atoms with Gasteiger partial charge in [0, 0.05) is 17.0 Å². The van der Waals surface area contributed by atoms with Gasteiger partial charge in [0.15, 0.2) is 5.11 Å². The minimum Gasteiger partial charge on any atom is -0.491 e. The molecule has 0 saturated heterocycles. The van der Waals surface area contributed by atoms with Gasteiger partial charge in [0.2, 0.25) is 0 Å². The first-order valence-corrected chi connectivity index (χ1v) is 11.4. The highest BCUT2D eigenvalue weighted by atomic mass is 32.1. The van der Waals surface area contributed by atoms with Crippen LogP contribution >= 0.6 is 23.6 Å². The van der Waals surface area contributed by atoms with Crippen LogP contribution < -0.4 is 15.4 Å². The van der Waals surface area contributed by atoms with Crippen molar-refractivity contribution in [3.8, 4) is 5.75 Å². The maximum atomic E-state index is 12.6. The minimum absolute atomic E-state index is 0.122. The molecule has 1 aliphatic rings. The fourth-order valence-electron chi connectivity index (χ4n) is 3.37. The number of hydrogen-bond acceptors (Lipinski definition) is 7. The number of anilines is 1. The lowest BCUT2D eigenvalue weighted by Gasteiger charge is -2.12. The molecule has 1 aromatic heterocycles. The number of amides is 1. The average Bonchev–Trinajstić information content (AvgIpc) is 3.14. The lowest BCUT2D eigenvalue weighted by atomic mass is 9.95. The zero-order chi connectivity index (χ0) is 22.2. The number of thiocarbonyl (C=S) groups is 1. The van der Waals surface area contributed by atoms with Crippen molar-refractivity contribution in [3.63, 3.8) is 0 Å². The molecule has 2 aromatic rings. The zero-order valence-electron chi connectivity index (χ0n) is 17.6. The standard InChI is InChI=1S/C22H26N2O5S2/c1-3-28-11-12-29-15-8-6-7-14(13-15)19(25)23-22(30)24-20-18(21(26)27-2)16-9-4-5-10-17(16)31-20/h6-8,13H,3-5,9-12H2,1-2H3,(H2,23,24,25,30). The van der Waals surface area contributed by atoms with E-state index < -0.39 is 5.97 Å². The molecule has 2 N–H and O–H groups in total. The molecule has 7 nitrogen and oxygen atoms in total. The number of benzene rings is 1. The molecule has 0 radical (unpaired) electrons. The average molecular weight is 463 g/mol. The van der Waals surface area contributed by atoms with E-state index >= 15 is 0 Å². The largest absolute Gasteiger partial charge is 0.491 e. The highest BCUT2D eigenvalue weighted by molar-refractivity contribution is 7.80.